The molecular formula is C11H22N2S. The van der Waals surface area contributed by atoms with Gasteiger partial charge in [-0.2, -0.15) is 12.6 Å². The van der Waals surface area contributed by atoms with Crippen LogP contribution in [0.4, 0.5) is 0 Å². The van der Waals surface area contributed by atoms with Crippen LogP contribution in [0.2, 0.25) is 0 Å². The van der Waals surface area contributed by atoms with Crippen LogP contribution in [0.15, 0.2) is 12.2 Å². The number of nitrogens with zero attached hydrogens (tertiary/aromatic N) is 2. The van der Waals surface area contributed by atoms with E-state index >= 15 is 0 Å². The third-order valence-corrected chi connectivity index (χ3v) is 2.90. The number of likely N-dealkylation sites (tertiary alicyclic amines) is 1. The normalized spacial score (nSPS) is 18.8. The lowest BCUT2D eigenvalue weighted by molar-refractivity contribution is 0.271. The second-order valence-electron chi connectivity index (χ2n) is 3.96. The van der Waals surface area contributed by atoms with E-state index in [2.05, 4.69) is 41.6 Å². The number of likely N-dealkylation sites (N-methyl/N-ethyl adjacent to an activating group) is 1. The molecule has 3 heteroatoms. The predicted octanol–water partition coefficient (Wildman–Crippen LogP) is 1.50. The first kappa shape index (κ1) is 12.1. The zero-order valence-corrected chi connectivity index (χ0v) is 10.0. The highest BCUT2D eigenvalue weighted by molar-refractivity contribution is 7.80. The van der Waals surface area contributed by atoms with Crippen LogP contribution in [-0.2, 0) is 0 Å². The molecule has 1 fully saturated rings. The van der Waals surface area contributed by atoms with E-state index in [1.54, 1.807) is 0 Å². The van der Waals surface area contributed by atoms with Crippen molar-refractivity contribution in [3.05, 3.63) is 12.2 Å². The van der Waals surface area contributed by atoms with Crippen LogP contribution in [0.1, 0.15) is 12.8 Å². The summed E-state index contributed by atoms with van der Waals surface area (Å²) < 4.78 is 0. The Balaban J connectivity index is 2.01. The van der Waals surface area contributed by atoms with Gasteiger partial charge in [0, 0.05) is 25.4 Å². The first-order valence-corrected chi connectivity index (χ1v) is 6.13. The minimum absolute atomic E-state index is 0.847. The molecule has 1 rings (SSSR count). The molecule has 0 aromatic heterocycles. The molecule has 0 amide bonds. The highest BCUT2D eigenvalue weighted by atomic mass is 32.1. The Kier molecular flexibility index (Phi) is 6.32. The van der Waals surface area contributed by atoms with Crippen molar-refractivity contribution in [3.8, 4) is 0 Å². The van der Waals surface area contributed by atoms with Gasteiger partial charge in [-0.15, -0.1) is 0 Å². The van der Waals surface area contributed by atoms with Crippen LogP contribution >= 0.6 is 12.6 Å². The molecule has 0 aliphatic carbocycles. The van der Waals surface area contributed by atoms with Crippen LogP contribution < -0.4 is 0 Å². The zero-order chi connectivity index (χ0) is 10.2. The average Bonchev–Trinajstić information content (AvgIpc) is 2.68. The number of rotatable bonds is 6. The van der Waals surface area contributed by atoms with Gasteiger partial charge in [0.25, 0.3) is 0 Å². The van der Waals surface area contributed by atoms with Crippen molar-refractivity contribution in [2.45, 2.75) is 12.8 Å². The lowest BCUT2D eigenvalue weighted by Crippen LogP contribution is -2.31. The van der Waals surface area contributed by atoms with E-state index in [9.17, 15) is 0 Å². The number of hydrogen-bond donors (Lipinski definition) is 1. The molecule has 1 saturated heterocycles. The van der Waals surface area contributed by atoms with Crippen molar-refractivity contribution in [1.82, 2.24) is 9.80 Å². The topological polar surface area (TPSA) is 6.48 Å². The molecule has 1 heterocycles. The molecule has 0 aromatic rings. The van der Waals surface area contributed by atoms with Crippen molar-refractivity contribution in [2.24, 2.45) is 0 Å². The average molecular weight is 214 g/mol. The van der Waals surface area contributed by atoms with Gasteiger partial charge in [-0.05, 0) is 33.0 Å². The molecule has 1 aliphatic heterocycles. The van der Waals surface area contributed by atoms with Gasteiger partial charge in [0.1, 0.15) is 0 Å². The monoisotopic (exact) mass is 214 g/mol. The Labute approximate surface area is 93.4 Å². The minimum atomic E-state index is 0.847. The summed E-state index contributed by atoms with van der Waals surface area (Å²) in [6, 6.07) is 0. The maximum Gasteiger partial charge on any atom is 0.0160 e. The standard InChI is InChI=1S/C11H22N2S/c1-12(6-4-5-11-14)9-10-13-7-2-3-8-13/h4-5,14H,2-3,6-11H2,1H3. The van der Waals surface area contributed by atoms with Crippen molar-refractivity contribution in [1.29, 1.82) is 0 Å². The molecule has 1 aliphatic rings. The van der Waals surface area contributed by atoms with Gasteiger partial charge in [-0.3, -0.25) is 0 Å². The Morgan fingerprint density at radius 1 is 1.29 bits per heavy atom. The van der Waals surface area contributed by atoms with Gasteiger partial charge in [0.15, 0.2) is 0 Å². The van der Waals surface area contributed by atoms with Crippen LogP contribution in [0.5, 0.6) is 0 Å². The second kappa shape index (κ2) is 7.32. The third-order valence-electron chi connectivity index (χ3n) is 2.69. The Hall–Kier alpha value is 0.01000. The smallest absolute Gasteiger partial charge is 0.0160 e. The van der Waals surface area contributed by atoms with Crippen LogP contribution in [0.25, 0.3) is 0 Å². The molecule has 14 heavy (non-hydrogen) atoms. The van der Waals surface area contributed by atoms with Gasteiger partial charge < -0.3 is 9.80 Å². The zero-order valence-electron chi connectivity index (χ0n) is 9.15. The molecule has 0 unspecified atom stereocenters. The van der Waals surface area contributed by atoms with Crippen molar-refractivity contribution < 1.29 is 0 Å². The van der Waals surface area contributed by atoms with Crippen LogP contribution in [0, 0.1) is 0 Å². The second-order valence-corrected chi connectivity index (χ2v) is 4.33. The number of hydrogen-bond acceptors (Lipinski definition) is 3. The Bertz CT molecular complexity index is 165. The fourth-order valence-electron chi connectivity index (χ4n) is 1.74. The lowest BCUT2D eigenvalue weighted by atomic mass is 10.4. The molecular weight excluding hydrogens is 192 g/mol. The summed E-state index contributed by atoms with van der Waals surface area (Å²) >= 11 is 4.13. The van der Waals surface area contributed by atoms with Crippen molar-refractivity contribution in [2.75, 3.05) is 45.5 Å². The minimum Gasteiger partial charge on any atom is -0.302 e. The predicted molar refractivity (Wildman–Crippen MR) is 66.2 cm³/mol. The molecule has 0 N–H and O–H groups in total. The SMILES string of the molecule is CN(CC=CCS)CCN1CCCC1. The van der Waals surface area contributed by atoms with E-state index in [0.717, 1.165) is 12.3 Å². The molecule has 0 atom stereocenters. The third kappa shape index (κ3) is 5.03. The van der Waals surface area contributed by atoms with E-state index < -0.39 is 0 Å². The summed E-state index contributed by atoms with van der Waals surface area (Å²) in [5.41, 5.74) is 0. The van der Waals surface area contributed by atoms with Gasteiger partial charge in [-0.1, -0.05) is 12.2 Å². The summed E-state index contributed by atoms with van der Waals surface area (Å²) in [6.45, 7) is 6.07. The van der Waals surface area contributed by atoms with Crippen molar-refractivity contribution >= 4 is 12.6 Å². The molecule has 0 radical (unpaired) electrons. The fourth-order valence-corrected chi connectivity index (χ4v) is 1.89. The number of thiol groups is 1. The Morgan fingerprint density at radius 3 is 2.64 bits per heavy atom. The molecule has 2 nitrogen and oxygen atoms in total. The molecule has 0 spiro atoms. The van der Waals surface area contributed by atoms with E-state index in [1.807, 2.05) is 0 Å². The maximum absolute atomic E-state index is 4.13. The first-order chi connectivity index (χ1) is 6.83. The van der Waals surface area contributed by atoms with E-state index in [-0.39, 0.29) is 0 Å². The van der Waals surface area contributed by atoms with Gasteiger partial charge in [0.05, 0.1) is 0 Å². The fraction of sp³-hybridized carbons (Fsp3) is 0.818. The summed E-state index contributed by atoms with van der Waals surface area (Å²) in [5, 5.41) is 0. The van der Waals surface area contributed by atoms with Gasteiger partial charge in [0.2, 0.25) is 0 Å². The van der Waals surface area contributed by atoms with Crippen LogP contribution in [0.3, 0.4) is 0 Å². The van der Waals surface area contributed by atoms with Gasteiger partial charge in [-0.25, -0.2) is 0 Å². The highest BCUT2D eigenvalue weighted by Gasteiger charge is 2.10. The Morgan fingerprint density at radius 2 is 2.00 bits per heavy atom. The van der Waals surface area contributed by atoms with E-state index in [0.29, 0.717) is 0 Å². The van der Waals surface area contributed by atoms with Gasteiger partial charge >= 0.3 is 0 Å². The summed E-state index contributed by atoms with van der Waals surface area (Å²) in [7, 11) is 2.18. The summed E-state index contributed by atoms with van der Waals surface area (Å²) in [5.74, 6) is 0.847. The van der Waals surface area contributed by atoms with Crippen molar-refractivity contribution in [3.63, 3.8) is 0 Å². The molecule has 82 valence electrons. The molecule has 0 aromatic carbocycles. The summed E-state index contributed by atoms with van der Waals surface area (Å²) in [6.07, 6.45) is 7.08. The largest absolute Gasteiger partial charge is 0.302 e. The summed E-state index contributed by atoms with van der Waals surface area (Å²) in [4.78, 5) is 4.91. The molecule has 0 saturated carbocycles. The highest BCUT2D eigenvalue weighted by Crippen LogP contribution is 2.06. The first-order valence-electron chi connectivity index (χ1n) is 5.49. The van der Waals surface area contributed by atoms with E-state index in [1.165, 1.54) is 39.0 Å². The maximum atomic E-state index is 4.13. The molecule has 0 bridgehead atoms. The van der Waals surface area contributed by atoms with E-state index in [4.69, 9.17) is 0 Å². The van der Waals surface area contributed by atoms with Crippen LogP contribution in [-0.4, -0.2) is 55.3 Å². The lowest BCUT2D eigenvalue weighted by Gasteiger charge is -2.19. The quantitative estimate of drug-likeness (QED) is 0.529.